The minimum absolute atomic E-state index is 0.633. The van der Waals surface area contributed by atoms with E-state index >= 15 is 0 Å². The van der Waals surface area contributed by atoms with Crippen LogP contribution in [0.3, 0.4) is 0 Å². The van der Waals surface area contributed by atoms with Gasteiger partial charge in [0.05, 0.1) is 0 Å². The van der Waals surface area contributed by atoms with Crippen molar-refractivity contribution in [3.05, 3.63) is 0 Å². The highest BCUT2D eigenvalue weighted by Crippen LogP contribution is 2.03. The van der Waals surface area contributed by atoms with Gasteiger partial charge in [-0.25, -0.2) is 4.79 Å². The number of carbonyl (C=O) groups is 2. The number of rotatable bonds is 4. The van der Waals surface area contributed by atoms with E-state index in [9.17, 15) is 9.59 Å². The molecule has 5 nitrogen and oxygen atoms in total. The van der Waals surface area contributed by atoms with E-state index in [0.29, 0.717) is 0 Å². The Morgan fingerprint density at radius 2 is 1.92 bits per heavy atom. The van der Waals surface area contributed by atoms with Gasteiger partial charge >= 0.3 is 11.9 Å². The van der Waals surface area contributed by atoms with Gasteiger partial charge in [-0.1, -0.05) is 0 Å². The molecule has 0 aromatic rings. The van der Waals surface area contributed by atoms with Crippen molar-refractivity contribution >= 4 is 11.9 Å². The van der Waals surface area contributed by atoms with Crippen molar-refractivity contribution in [2.45, 2.75) is 26.1 Å². The summed E-state index contributed by atoms with van der Waals surface area (Å²) in [5.74, 6) is -1.84. The third-order valence-electron chi connectivity index (χ3n) is 1.33. The molecule has 0 amide bonds. The molecule has 0 aliphatic rings. The number of aliphatic carboxylic acids is 1. The summed E-state index contributed by atoms with van der Waals surface area (Å²) in [6.45, 7) is 2.67. The highest BCUT2D eigenvalue weighted by atomic mass is 16.6. The molecule has 0 saturated carbocycles. The lowest BCUT2D eigenvalue weighted by atomic mass is 10.2. The van der Waals surface area contributed by atoms with Crippen LogP contribution in [0, 0.1) is 0 Å². The number of hydrogen-bond donors (Lipinski definition) is 1. The number of hydrogen-bond acceptors (Lipinski definition) is 4. The zero-order valence-corrected chi connectivity index (χ0v) is 7.23. The second kappa shape index (κ2) is 4.71. The standard InChI is InChI=1S/C7H12O5/c1-4(11-3)6(7(9)10)12-5(2)8/h4,6H,1-3H3,(H,9,10). The summed E-state index contributed by atoms with van der Waals surface area (Å²) < 4.78 is 9.22. The van der Waals surface area contributed by atoms with Crippen molar-refractivity contribution in [2.75, 3.05) is 7.11 Å². The molecular weight excluding hydrogens is 164 g/mol. The second-order valence-corrected chi connectivity index (χ2v) is 2.31. The maximum absolute atomic E-state index is 10.5. The average molecular weight is 176 g/mol. The molecular formula is C7H12O5. The van der Waals surface area contributed by atoms with E-state index in [1.807, 2.05) is 0 Å². The van der Waals surface area contributed by atoms with Crippen LogP contribution in [0.25, 0.3) is 0 Å². The zero-order valence-electron chi connectivity index (χ0n) is 7.23. The van der Waals surface area contributed by atoms with Gasteiger partial charge in [0.25, 0.3) is 0 Å². The van der Waals surface area contributed by atoms with Gasteiger partial charge in [-0.2, -0.15) is 0 Å². The van der Waals surface area contributed by atoms with Gasteiger partial charge in [0.15, 0.2) is 0 Å². The molecule has 70 valence electrons. The number of ether oxygens (including phenoxy) is 2. The van der Waals surface area contributed by atoms with E-state index in [0.717, 1.165) is 6.92 Å². The lowest BCUT2D eigenvalue weighted by Gasteiger charge is -2.17. The van der Waals surface area contributed by atoms with Crippen LogP contribution in [0.4, 0.5) is 0 Å². The number of carboxylic acids is 1. The molecule has 0 heterocycles. The Hall–Kier alpha value is -1.10. The largest absolute Gasteiger partial charge is 0.478 e. The SMILES string of the molecule is COC(C)C(OC(C)=O)C(=O)O. The minimum Gasteiger partial charge on any atom is -0.478 e. The van der Waals surface area contributed by atoms with E-state index in [1.165, 1.54) is 14.0 Å². The fourth-order valence-corrected chi connectivity index (χ4v) is 0.649. The van der Waals surface area contributed by atoms with Crippen molar-refractivity contribution in [1.29, 1.82) is 0 Å². The first-order chi connectivity index (χ1) is 5.49. The molecule has 0 aliphatic carbocycles. The molecule has 0 spiro atoms. The maximum Gasteiger partial charge on any atom is 0.347 e. The van der Waals surface area contributed by atoms with E-state index < -0.39 is 24.1 Å². The molecule has 2 unspecified atom stereocenters. The van der Waals surface area contributed by atoms with Gasteiger partial charge in [0, 0.05) is 14.0 Å². The third-order valence-corrected chi connectivity index (χ3v) is 1.33. The molecule has 0 radical (unpaired) electrons. The first-order valence-electron chi connectivity index (χ1n) is 3.41. The lowest BCUT2D eigenvalue weighted by molar-refractivity contribution is -0.170. The Kier molecular flexibility index (Phi) is 4.28. The van der Waals surface area contributed by atoms with E-state index in [4.69, 9.17) is 9.84 Å². The Morgan fingerprint density at radius 1 is 1.42 bits per heavy atom. The number of carboxylic acid groups (broad SMARTS) is 1. The average Bonchev–Trinajstić information content (AvgIpc) is 1.98. The molecule has 0 saturated heterocycles. The molecule has 0 fully saturated rings. The van der Waals surface area contributed by atoms with Crippen molar-refractivity contribution < 1.29 is 24.2 Å². The van der Waals surface area contributed by atoms with E-state index in [2.05, 4.69) is 4.74 Å². The summed E-state index contributed by atoms with van der Waals surface area (Å²) in [6.07, 6.45) is -1.88. The molecule has 0 bridgehead atoms. The Balaban J connectivity index is 4.22. The molecule has 0 rings (SSSR count). The van der Waals surface area contributed by atoms with Crippen LogP contribution in [0.2, 0.25) is 0 Å². The molecule has 0 aromatic carbocycles. The molecule has 2 atom stereocenters. The van der Waals surface area contributed by atoms with E-state index in [1.54, 1.807) is 0 Å². The summed E-state index contributed by atoms with van der Waals surface area (Å²) in [7, 11) is 1.35. The van der Waals surface area contributed by atoms with Gasteiger partial charge in [-0.15, -0.1) is 0 Å². The van der Waals surface area contributed by atoms with Gasteiger partial charge in [0.1, 0.15) is 6.10 Å². The van der Waals surface area contributed by atoms with Crippen LogP contribution in [0.5, 0.6) is 0 Å². The van der Waals surface area contributed by atoms with Gasteiger partial charge in [0.2, 0.25) is 6.10 Å². The Bertz CT molecular complexity index is 177. The molecule has 12 heavy (non-hydrogen) atoms. The molecule has 5 heteroatoms. The molecule has 1 N–H and O–H groups in total. The normalized spacial score (nSPS) is 14.9. The minimum atomic E-state index is -1.23. The zero-order chi connectivity index (χ0) is 9.72. The van der Waals surface area contributed by atoms with Gasteiger partial charge < -0.3 is 14.6 Å². The first kappa shape index (κ1) is 10.9. The highest BCUT2D eigenvalue weighted by Gasteiger charge is 2.27. The second-order valence-electron chi connectivity index (χ2n) is 2.31. The molecule has 0 aliphatic heterocycles. The summed E-state index contributed by atoms with van der Waals surface area (Å²) >= 11 is 0. The van der Waals surface area contributed by atoms with Crippen LogP contribution in [0.15, 0.2) is 0 Å². The predicted octanol–water partition coefficient (Wildman–Crippen LogP) is 0.0376. The van der Waals surface area contributed by atoms with Gasteiger partial charge in [-0.05, 0) is 6.92 Å². The Morgan fingerprint density at radius 3 is 2.17 bits per heavy atom. The maximum atomic E-state index is 10.5. The third kappa shape index (κ3) is 3.34. The van der Waals surface area contributed by atoms with E-state index in [-0.39, 0.29) is 0 Å². The van der Waals surface area contributed by atoms with Crippen LogP contribution < -0.4 is 0 Å². The summed E-state index contributed by atoms with van der Waals surface area (Å²) in [5.41, 5.74) is 0. The molecule has 0 aromatic heterocycles. The summed E-state index contributed by atoms with van der Waals surface area (Å²) in [4.78, 5) is 20.9. The highest BCUT2D eigenvalue weighted by molar-refractivity contribution is 5.77. The van der Waals surface area contributed by atoms with Crippen LogP contribution in [0.1, 0.15) is 13.8 Å². The van der Waals surface area contributed by atoms with Crippen LogP contribution in [-0.2, 0) is 19.1 Å². The monoisotopic (exact) mass is 176 g/mol. The first-order valence-corrected chi connectivity index (χ1v) is 3.41. The number of esters is 1. The van der Waals surface area contributed by atoms with Crippen LogP contribution in [-0.4, -0.2) is 36.4 Å². The topological polar surface area (TPSA) is 72.8 Å². The predicted molar refractivity (Wildman–Crippen MR) is 39.7 cm³/mol. The summed E-state index contributed by atoms with van der Waals surface area (Å²) in [5, 5.41) is 8.57. The smallest absolute Gasteiger partial charge is 0.347 e. The van der Waals surface area contributed by atoms with Crippen molar-refractivity contribution in [1.82, 2.24) is 0 Å². The van der Waals surface area contributed by atoms with Crippen LogP contribution >= 0.6 is 0 Å². The Labute approximate surface area is 70.3 Å². The fourth-order valence-electron chi connectivity index (χ4n) is 0.649. The quantitative estimate of drug-likeness (QED) is 0.612. The fraction of sp³-hybridized carbons (Fsp3) is 0.714. The summed E-state index contributed by atoms with van der Waals surface area (Å²) in [6, 6.07) is 0. The van der Waals surface area contributed by atoms with Crippen molar-refractivity contribution in [3.8, 4) is 0 Å². The van der Waals surface area contributed by atoms with Crippen molar-refractivity contribution in [2.24, 2.45) is 0 Å². The van der Waals surface area contributed by atoms with Crippen molar-refractivity contribution in [3.63, 3.8) is 0 Å². The lowest BCUT2D eigenvalue weighted by Crippen LogP contribution is -2.37. The number of methoxy groups -OCH3 is 1. The van der Waals surface area contributed by atoms with Gasteiger partial charge in [-0.3, -0.25) is 4.79 Å². The number of carbonyl (C=O) groups excluding carboxylic acids is 1.